The maximum Gasteiger partial charge on any atom is 0.349 e. The van der Waals surface area contributed by atoms with Gasteiger partial charge < -0.3 is 14.2 Å². The van der Waals surface area contributed by atoms with Gasteiger partial charge in [-0.15, -0.1) is 0 Å². The summed E-state index contributed by atoms with van der Waals surface area (Å²) in [4.78, 5) is 12.4. The molecule has 2 bridgehead atoms. The number of hydrogen-bond acceptors (Lipinski definition) is 5. The van der Waals surface area contributed by atoms with Crippen molar-refractivity contribution in [2.24, 2.45) is 0 Å². The number of halogens is 1. The predicted molar refractivity (Wildman–Crippen MR) is 83.4 cm³/mol. The molecule has 0 radical (unpaired) electrons. The van der Waals surface area contributed by atoms with E-state index in [1.54, 1.807) is 37.3 Å². The average Bonchev–Trinajstić information content (AvgIpc) is 2.55. The fraction of sp³-hybridized carbons (Fsp3) is 0.167. The number of ether oxygens (including phenoxy) is 4. The van der Waals surface area contributed by atoms with Crippen LogP contribution in [0.4, 0.5) is 0 Å². The fourth-order valence-corrected chi connectivity index (χ4v) is 3.49. The van der Waals surface area contributed by atoms with E-state index in [1.165, 1.54) is 6.26 Å². The molecule has 2 aromatic carbocycles. The topological polar surface area (TPSA) is 54.0 Å². The van der Waals surface area contributed by atoms with E-state index >= 15 is 0 Å². The van der Waals surface area contributed by atoms with E-state index in [1.807, 2.05) is 12.1 Å². The molecule has 5 rings (SSSR count). The van der Waals surface area contributed by atoms with Crippen molar-refractivity contribution >= 4 is 17.6 Å². The number of rotatable bonds is 0. The van der Waals surface area contributed by atoms with E-state index < -0.39 is 17.5 Å². The van der Waals surface area contributed by atoms with Crippen LogP contribution in [0, 0.1) is 0 Å². The van der Waals surface area contributed by atoms with Crippen LogP contribution < -0.4 is 9.47 Å². The number of carbonyl (C=O) groups is 1. The monoisotopic (exact) mass is 342 g/mol. The van der Waals surface area contributed by atoms with Crippen LogP contribution in [0.1, 0.15) is 18.1 Å². The first-order chi connectivity index (χ1) is 11.5. The Bertz CT molecular complexity index is 937. The van der Waals surface area contributed by atoms with E-state index in [-0.39, 0.29) is 5.57 Å². The van der Waals surface area contributed by atoms with Gasteiger partial charge in [-0.3, -0.25) is 4.74 Å². The van der Waals surface area contributed by atoms with Crippen molar-refractivity contribution in [1.82, 2.24) is 0 Å². The third-order valence-corrected chi connectivity index (χ3v) is 4.68. The number of benzene rings is 2. The summed E-state index contributed by atoms with van der Waals surface area (Å²) in [5.41, 5.74) is 1.44. The normalized spacial score (nSPS) is 29.1. The Morgan fingerprint density at radius 1 is 1.04 bits per heavy atom. The van der Waals surface area contributed by atoms with Crippen molar-refractivity contribution in [3.05, 3.63) is 70.4 Å². The Labute approximate surface area is 142 Å². The molecule has 0 saturated heterocycles. The second-order valence-corrected chi connectivity index (χ2v) is 6.38. The maximum absolute atomic E-state index is 12.4. The molecule has 120 valence electrons. The number of esters is 1. The summed E-state index contributed by atoms with van der Waals surface area (Å²) < 4.78 is 23.5. The molecule has 5 nitrogen and oxygen atoms in total. The van der Waals surface area contributed by atoms with Crippen molar-refractivity contribution in [3.8, 4) is 11.5 Å². The molecule has 3 aliphatic heterocycles. The molecule has 0 aromatic heterocycles. The standard InChI is InChI=1S/C18H11ClO5/c1-17-12-8-10(19)6-7-15(12)23-18(24-17)11-4-2-3-5-14(11)22-16(20)13(18)9-21-17/h2-9H,1H3. The molecule has 6 heteroatoms. The van der Waals surface area contributed by atoms with Gasteiger partial charge in [0, 0.05) is 11.9 Å². The van der Waals surface area contributed by atoms with E-state index in [0.717, 1.165) is 0 Å². The van der Waals surface area contributed by atoms with Crippen LogP contribution in [-0.4, -0.2) is 5.97 Å². The van der Waals surface area contributed by atoms with Crippen LogP contribution >= 0.6 is 11.6 Å². The summed E-state index contributed by atoms with van der Waals surface area (Å²) in [6, 6.07) is 12.3. The van der Waals surface area contributed by atoms with Gasteiger partial charge in [0.05, 0.1) is 11.1 Å². The molecule has 0 N–H and O–H groups in total. The predicted octanol–water partition coefficient (Wildman–Crippen LogP) is 3.61. The van der Waals surface area contributed by atoms with Gasteiger partial charge in [0.15, 0.2) is 0 Å². The van der Waals surface area contributed by atoms with Crippen molar-refractivity contribution in [2.75, 3.05) is 0 Å². The van der Waals surface area contributed by atoms with Gasteiger partial charge in [-0.25, -0.2) is 4.79 Å². The number of hydrogen-bond donors (Lipinski definition) is 0. The van der Waals surface area contributed by atoms with Crippen LogP contribution in [0.5, 0.6) is 11.5 Å². The van der Waals surface area contributed by atoms with Gasteiger partial charge in [-0.05, 0) is 30.3 Å². The highest BCUT2D eigenvalue weighted by molar-refractivity contribution is 6.30. The molecule has 2 atom stereocenters. The first-order valence-corrected chi connectivity index (χ1v) is 7.79. The van der Waals surface area contributed by atoms with Crippen LogP contribution in [0.3, 0.4) is 0 Å². The molecule has 1 spiro atoms. The van der Waals surface area contributed by atoms with Gasteiger partial charge in [0.1, 0.15) is 23.3 Å². The Morgan fingerprint density at radius 3 is 2.75 bits per heavy atom. The van der Waals surface area contributed by atoms with Gasteiger partial charge in [0.2, 0.25) is 5.79 Å². The van der Waals surface area contributed by atoms with Gasteiger partial charge >= 0.3 is 5.97 Å². The first-order valence-electron chi connectivity index (χ1n) is 7.41. The molecule has 3 heterocycles. The number of fused-ring (bicyclic) bond motifs is 4. The van der Waals surface area contributed by atoms with Crippen LogP contribution in [-0.2, 0) is 25.8 Å². The minimum atomic E-state index is -1.40. The zero-order chi connectivity index (χ0) is 16.5. The number of para-hydroxylation sites is 1. The lowest BCUT2D eigenvalue weighted by atomic mass is 9.90. The van der Waals surface area contributed by atoms with Crippen molar-refractivity contribution in [2.45, 2.75) is 18.5 Å². The maximum atomic E-state index is 12.4. The summed E-state index contributed by atoms with van der Waals surface area (Å²) in [6.07, 6.45) is 1.35. The van der Waals surface area contributed by atoms with Gasteiger partial charge in [-0.2, -0.15) is 0 Å². The lowest BCUT2D eigenvalue weighted by Crippen LogP contribution is -2.56. The fourth-order valence-electron chi connectivity index (χ4n) is 3.32. The molecular formula is C18H11ClO5. The largest absolute Gasteiger partial charge is 0.465 e. The summed E-state index contributed by atoms with van der Waals surface area (Å²) in [5.74, 6) is -2.15. The summed E-state index contributed by atoms with van der Waals surface area (Å²) in [7, 11) is 0. The second-order valence-electron chi connectivity index (χ2n) is 5.94. The second kappa shape index (κ2) is 4.32. The molecule has 0 saturated carbocycles. The van der Waals surface area contributed by atoms with Crippen molar-refractivity contribution in [3.63, 3.8) is 0 Å². The Morgan fingerprint density at radius 2 is 1.88 bits per heavy atom. The first kappa shape index (κ1) is 13.9. The Hall–Kier alpha value is -2.50. The molecule has 0 amide bonds. The third kappa shape index (κ3) is 1.60. The summed E-state index contributed by atoms with van der Waals surface area (Å²) in [5, 5.41) is 0.542. The minimum Gasteiger partial charge on any atom is -0.465 e. The van der Waals surface area contributed by atoms with Crippen LogP contribution in [0.2, 0.25) is 5.02 Å². The lowest BCUT2D eigenvalue weighted by molar-refractivity contribution is -0.348. The summed E-state index contributed by atoms with van der Waals surface area (Å²) >= 11 is 6.10. The molecule has 0 aliphatic carbocycles. The highest BCUT2D eigenvalue weighted by Crippen LogP contribution is 2.56. The highest BCUT2D eigenvalue weighted by Gasteiger charge is 2.61. The quantitative estimate of drug-likeness (QED) is 0.541. The molecule has 2 unspecified atom stereocenters. The molecule has 0 fully saturated rings. The number of carbonyl (C=O) groups excluding carboxylic acids is 1. The van der Waals surface area contributed by atoms with Gasteiger partial charge in [0.25, 0.3) is 5.79 Å². The van der Waals surface area contributed by atoms with Crippen LogP contribution in [0.15, 0.2) is 54.3 Å². The van der Waals surface area contributed by atoms with Crippen molar-refractivity contribution in [1.29, 1.82) is 0 Å². The highest BCUT2D eigenvalue weighted by atomic mass is 35.5. The smallest absolute Gasteiger partial charge is 0.349 e. The molecular weight excluding hydrogens is 332 g/mol. The molecule has 2 aromatic rings. The van der Waals surface area contributed by atoms with E-state index in [9.17, 15) is 4.79 Å². The van der Waals surface area contributed by atoms with Gasteiger partial charge in [-0.1, -0.05) is 23.7 Å². The Balaban J connectivity index is 1.81. The van der Waals surface area contributed by atoms with Crippen molar-refractivity contribution < 1.29 is 23.7 Å². The third-order valence-electron chi connectivity index (χ3n) is 4.44. The summed E-state index contributed by atoms with van der Waals surface area (Å²) in [6.45, 7) is 1.77. The molecule has 3 aliphatic rings. The zero-order valence-electron chi connectivity index (χ0n) is 12.5. The van der Waals surface area contributed by atoms with E-state index in [0.29, 0.717) is 27.6 Å². The zero-order valence-corrected chi connectivity index (χ0v) is 13.3. The lowest BCUT2D eigenvalue weighted by Gasteiger charge is -2.50. The van der Waals surface area contributed by atoms with Crippen LogP contribution in [0.25, 0.3) is 0 Å². The molecule has 24 heavy (non-hydrogen) atoms. The van der Waals surface area contributed by atoms with E-state index in [2.05, 4.69) is 0 Å². The van der Waals surface area contributed by atoms with E-state index in [4.69, 9.17) is 30.5 Å². The Kier molecular flexibility index (Phi) is 2.50. The SMILES string of the molecule is CC12OC=C3C(=O)Oc4ccccc4C3(Oc3ccc(Cl)cc31)O2. The minimum absolute atomic E-state index is 0.166. The average molecular weight is 343 g/mol.